The number of hydrogen-bond acceptors (Lipinski definition) is 7. The van der Waals surface area contributed by atoms with Crippen LogP contribution in [0.4, 0.5) is 15.0 Å². The molecule has 4 atom stereocenters. The molecule has 10 heteroatoms. The number of anilines is 1. The second-order valence-electron chi connectivity index (χ2n) is 7.37. The molecule has 2 rings (SSSR count). The molecule has 0 aromatic carbocycles. The third-order valence-corrected chi connectivity index (χ3v) is 5.37. The lowest BCUT2D eigenvalue weighted by atomic mass is 9.82. The molecule has 0 aliphatic carbocycles. The number of unbranched alkanes of at least 4 members (excludes halogenated alkanes) is 2. The molecule has 1 aliphatic heterocycles. The first-order valence-electron chi connectivity index (χ1n) is 10.5. The van der Waals surface area contributed by atoms with Crippen molar-refractivity contribution in [2.24, 2.45) is 0 Å². The molecule has 0 spiro atoms. The number of ether oxygens (including phenoxy) is 2. The van der Waals surface area contributed by atoms with Gasteiger partial charge in [0.15, 0.2) is 17.9 Å². The van der Waals surface area contributed by atoms with Gasteiger partial charge in [-0.3, -0.25) is 9.47 Å². The molecule has 1 aromatic heterocycles. The van der Waals surface area contributed by atoms with Gasteiger partial charge in [0.05, 0.1) is 18.4 Å². The number of halogens is 1. The summed E-state index contributed by atoms with van der Waals surface area (Å²) in [6, 6.07) is 0. The van der Waals surface area contributed by atoms with Crippen LogP contribution < -0.4 is 10.6 Å². The summed E-state index contributed by atoms with van der Waals surface area (Å²) in [7, 11) is 1.20. The molecule has 0 radical (unpaired) electrons. The Morgan fingerprint density at radius 1 is 1.48 bits per heavy atom. The quantitative estimate of drug-likeness (QED) is 0.652. The Labute approximate surface area is 171 Å². The highest BCUT2D eigenvalue weighted by atomic mass is 19.1. The van der Waals surface area contributed by atoms with Gasteiger partial charge in [-0.05, 0) is 26.6 Å². The van der Waals surface area contributed by atoms with E-state index in [1.807, 2.05) is 6.92 Å². The zero-order chi connectivity index (χ0) is 23.8. The Hall–Kier alpha value is -2.04. The zero-order valence-corrected chi connectivity index (χ0v) is 17.3. The van der Waals surface area contributed by atoms with Crippen LogP contribution in [0, 0.1) is 5.82 Å². The average molecular weight is 417 g/mol. The minimum absolute atomic E-state index is 0.143. The first-order valence-corrected chi connectivity index (χ1v) is 9.46. The molecular formula is C19H30FN3O6. The first kappa shape index (κ1) is 20.2. The van der Waals surface area contributed by atoms with Crippen LogP contribution in [0.5, 0.6) is 0 Å². The van der Waals surface area contributed by atoms with Crippen molar-refractivity contribution in [3.63, 3.8) is 0 Å². The topological polar surface area (TPSA) is 114 Å². The monoisotopic (exact) mass is 417 g/mol. The maximum Gasteiger partial charge on any atom is 0.415 e. The molecule has 29 heavy (non-hydrogen) atoms. The number of aliphatic hydroxyl groups is 2. The molecule has 1 aliphatic rings. The fourth-order valence-electron chi connectivity index (χ4n) is 3.06. The minimum Gasteiger partial charge on any atom is -0.449 e. The molecule has 0 bridgehead atoms. The van der Waals surface area contributed by atoms with Gasteiger partial charge in [-0.15, -0.1) is 0 Å². The second kappa shape index (κ2) is 8.76. The van der Waals surface area contributed by atoms with Crippen LogP contribution in [0.15, 0.2) is 11.0 Å². The Morgan fingerprint density at radius 2 is 2.14 bits per heavy atom. The van der Waals surface area contributed by atoms with Gasteiger partial charge >= 0.3 is 11.8 Å². The number of carbonyl (C=O) groups excluding carboxylic acids is 1. The van der Waals surface area contributed by atoms with Crippen molar-refractivity contribution in [1.82, 2.24) is 9.55 Å². The predicted molar refractivity (Wildman–Crippen MR) is 103 cm³/mol. The third kappa shape index (κ3) is 4.29. The highest BCUT2D eigenvalue weighted by Gasteiger charge is 2.59. The summed E-state index contributed by atoms with van der Waals surface area (Å²) in [6.07, 6.45) is -3.25. The number of rotatable bonds is 7. The van der Waals surface area contributed by atoms with E-state index >= 15 is 0 Å². The van der Waals surface area contributed by atoms with Gasteiger partial charge < -0.3 is 19.7 Å². The molecule has 1 aromatic rings. The summed E-state index contributed by atoms with van der Waals surface area (Å²) in [6.45, 7) is 5.71. The van der Waals surface area contributed by atoms with Gasteiger partial charge in [0.25, 0.3) is 0 Å². The van der Waals surface area contributed by atoms with E-state index in [0.29, 0.717) is 17.2 Å². The van der Waals surface area contributed by atoms with Crippen molar-refractivity contribution >= 4 is 11.9 Å². The summed E-state index contributed by atoms with van der Waals surface area (Å²) in [5, 5.41) is 21.3. The van der Waals surface area contributed by atoms with Gasteiger partial charge in [-0.25, -0.2) is 14.0 Å². The van der Waals surface area contributed by atoms with E-state index in [0.717, 1.165) is 24.7 Å². The third-order valence-electron chi connectivity index (χ3n) is 5.37. The lowest BCUT2D eigenvalue weighted by Crippen LogP contribution is -2.52. The van der Waals surface area contributed by atoms with Crippen LogP contribution in [0.1, 0.15) is 62.3 Å². The first-order chi connectivity index (χ1) is 14.2. The number of nitrogens with zero attached hydrogens (tertiary/aromatic N) is 3. The normalized spacial score (nSPS) is 30.6. The molecule has 2 N–H and O–H groups in total. The molecule has 0 saturated carbocycles. The van der Waals surface area contributed by atoms with E-state index in [4.69, 9.17) is 12.2 Å². The number of aromatic nitrogens is 2. The summed E-state index contributed by atoms with van der Waals surface area (Å²) in [5.74, 6) is -1.65. The highest BCUT2D eigenvalue weighted by molar-refractivity contribution is 5.85. The number of amides is 1. The summed E-state index contributed by atoms with van der Waals surface area (Å²) in [5.41, 5.74) is -5.09. The van der Waals surface area contributed by atoms with Crippen molar-refractivity contribution in [3.8, 4) is 0 Å². The molecule has 164 valence electrons. The number of carbonyl (C=O) groups is 1. The standard InChI is InChI=1S/C19H30FN3O6/c1-6-8-9-10-28-17(26)22(5)14-12(20)11-23(16(25)21-14)15-13(24)19(4,27)18(3,7-2)29-15/h11,13,15,24,27H,6-10H2,1-5H3/t13-,15+,18+,19-/m0/s1/i7D2. The molecule has 2 heterocycles. The Balaban J connectivity index is 2.32. The van der Waals surface area contributed by atoms with Gasteiger partial charge in [0.2, 0.25) is 0 Å². The van der Waals surface area contributed by atoms with Gasteiger partial charge in [-0.1, -0.05) is 26.7 Å². The lowest BCUT2D eigenvalue weighted by molar-refractivity contribution is -0.130. The lowest BCUT2D eigenvalue weighted by Gasteiger charge is -2.35. The summed E-state index contributed by atoms with van der Waals surface area (Å²) >= 11 is 0. The zero-order valence-electron chi connectivity index (χ0n) is 19.3. The molecule has 9 nitrogen and oxygen atoms in total. The van der Waals surface area contributed by atoms with Crippen molar-refractivity contribution in [2.75, 3.05) is 18.6 Å². The summed E-state index contributed by atoms with van der Waals surface area (Å²) in [4.78, 5) is 29.0. The van der Waals surface area contributed by atoms with Crippen LogP contribution in [0.25, 0.3) is 0 Å². The molecular weight excluding hydrogens is 385 g/mol. The van der Waals surface area contributed by atoms with E-state index in [1.165, 1.54) is 20.9 Å². The second-order valence-corrected chi connectivity index (χ2v) is 7.37. The number of aliphatic hydroxyl groups excluding tert-OH is 1. The van der Waals surface area contributed by atoms with Crippen LogP contribution in [-0.4, -0.2) is 56.8 Å². The predicted octanol–water partition coefficient (Wildman–Crippen LogP) is 1.95. The maximum atomic E-state index is 14.7. The van der Waals surface area contributed by atoms with Crippen molar-refractivity contribution < 1.29 is 31.6 Å². The van der Waals surface area contributed by atoms with Crippen LogP contribution in [0.3, 0.4) is 0 Å². The van der Waals surface area contributed by atoms with Crippen LogP contribution in [-0.2, 0) is 9.47 Å². The smallest absolute Gasteiger partial charge is 0.415 e. The SMILES string of the molecule is [2H]C([2H])(C)[C@@]1(C)O[C@@H](n2cc(F)c(N(C)C(=O)OCCCCC)nc2=O)[C@H](O)[C@]1(C)O. The van der Waals surface area contributed by atoms with E-state index in [2.05, 4.69) is 4.98 Å². The minimum atomic E-state index is -2.12. The van der Waals surface area contributed by atoms with Gasteiger partial charge in [0, 0.05) is 9.79 Å². The van der Waals surface area contributed by atoms with E-state index < -0.39 is 53.3 Å². The van der Waals surface area contributed by atoms with Gasteiger partial charge in [-0.2, -0.15) is 4.98 Å². The Bertz CT molecular complexity index is 875. The van der Waals surface area contributed by atoms with Crippen LogP contribution in [0.2, 0.25) is 0 Å². The fraction of sp³-hybridized carbons (Fsp3) is 0.737. The van der Waals surface area contributed by atoms with Crippen molar-refractivity contribution in [3.05, 3.63) is 22.5 Å². The Morgan fingerprint density at radius 3 is 2.69 bits per heavy atom. The van der Waals surface area contributed by atoms with E-state index in [1.54, 1.807) is 0 Å². The largest absolute Gasteiger partial charge is 0.449 e. The fourth-order valence-corrected chi connectivity index (χ4v) is 3.06. The van der Waals surface area contributed by atoms with Crippen molar-refractivity contribution in [2.45, 2.75) is 76.9 Å². The van der Waals surface area contributed by atoms with E-state index in [9.17, 15) is 24.2 Å². The molecule has 1 amide bonds. The maximum absolute atomic E-state index is 14.7. The summed E-state index contributed by atoms with van der Waals surface area (Å²) < 4.78 is 41.9. The molecule has 0 unspecified atom stereocenters. The van der Waals surface area contributed by atoms with E-state index in [-0.39, 0.29) is 6.61 Å². The molecule has 1 fully saturated rings. The van der Waals surface area contributed by atoms with Crippen molar-refractivity contribution in [1.29, 1.82) is 0 Å². The highest BCUT2D eigenvalue weighted by Crippen LogP contribution is 2.45. The van der Waals surface area contributed by atoms with Gasteiger partial charge in [0.1, 0.15) is 11.7 Å². The Kier molecular flexibility index (Phi) is 6.12. The molecule has 1 saturated heterocycles. The number of hydrogen-bond donors (Lipinski definition) is 2. The average Bonchev–Trinajstić information content (AvgIpc) is 2.86. The van der Waals surface area contributed by atoms with Crippen LogP contribution >= 0.6 is 0 Å².